The first-order chi connectivity index (χ1) is 8.16. The van der Waals surface area contributed by atoms with Crippen LogP contribution in [0.25, 0.3) is 0 Å². The highest BCUT2D eigenvalue weighted by atomic mass is 79.9. The Balaban J connectivity index is 2.06. The summed E-state index contributed by atoms with van der Waals surface area (Å²) in [5.74, 6) is 0.850. The van der Waals surface area contributed by atoms with Gasteiger partial charge in [-0.05, 0) is 41.1 Å². The third-order valence-electron chi connectivity index (χ3n) is 2.79. The molecule has 0 aromatic heterocycles. The first-order valence-electron chi connectivity index (χ1n) is 5.71. The molecule has 0 spiro atoms. The molecule has 0 aliphatic carbocycles. The molecule has 92 valence electrons. The Hall–Kier alpha value is -0.870. The van der Waals surface area contributed by atoms with Gasteiger partial charge in [0.25, 0.3) is 0 Å². The summed E-state index contributed by atoms with van der Waals surface area (Å²) in [5, 5.41) is 0. The van der Waals surface area contributed by atoms with Crippen LogP contribution in [0, 0.1) is 0 Å². The smallest absolute Gasteiger partial charge is 0.160 e. The summed E-state index contributed by atoms with van der Waals surface area (Å²) in [5.41, 5.74) is 0.685. The Kier molecular flexibility index (Phi) is 4.18. The number of rotatable bonds is 3. The van der Waals surface area contributed by atoms with E-state index < -0.39 is 0 Å². The van der Waals surface area contributed by atoms with E-state index in [0.717, 1.165) is 36.3 Å². The predicted octanol–water partition coefficient (Wildman–Crippen LogP) is 3.21. The quantitative estimate of drug-likeness (QED) is 0.804. The van der Waals surface area contributed by atoms with E-state index in [2.05, 4.69) is 15.9 Å². The highest BCUT2D eigenvalue weighted by Crippen LogP contribution is 2.25. The molecular weight excluding hydrogens is 284 g/mol. The van der Waals surface area contributed by atoms with Crippen LogP contribution in [0.1, 0.15) is 30.1 Å². The molecule has 0 bridgehead atoms. The van der Waals surface area contributed by atoms with Crippen LogP contribution >= 0.6 is 15.9 Å². The molecule has 17 heavy (non-hydrogen) atoms. The van der Waals surface area contributed by atoms with Crippen molar-refractivity contribution in [3.05, 3.63) is 28.2 Å². The number of carbonyl (C=O) groups is 1. The van der Waals surface area contributed by atoms with Gasteiger partial charge < -0.3 is 9.47 Å². The van der Waals surface area contributed by atoms with E-state index in [1.54, 1.807) is 13.0 Å². The average Bonchev–Trinajstić information content (AvgIpc) is 2.30. The molecule has 0 unspecified atom stereocenters. The van der Waals surface area contributed by atoms with Gasteiger partial charge in [-0.1, -0.05) is 0 Å². The second kappa shape index (κ2) is 5.65. The monoisotopic (exact) mass is 298 g/mol. The molecule has 1 aliphatic rings. The highest BCUT2D eigenvalue weighted by molar-refractivity contribution is 9.10. The summed E-state index contributed by atoms with van der Waals surface area (Å²) < 4.78 is 11.9. The Morgan fingerprint density at radius 3 is 2.71 bits per heavy atom. The summed E-state index contributed by atoms with van der Waals surface area (Å²) in [6.07, 6.45) is 2.07. The van der Waals surface area contributed by atoms with Gasteiger partial charge in [0, 0.05) is 22.9 Å². The first-order valence-corrected chi connectivity index (χ1v) is 6.51. The SMILES string of the molecule is CC(=O)c1ccc(OC2CCOCC2)cc1Br. The van der Waals surface area contributed by atoms with Gasteiger partial charge in [0.2, 0.25) is 0 Å². The molecule has 1 aromatic rings. The van der Waals surface area contributed by atoms with Gasteiger partial charge >= 0.3 is 0 Å². The van der Waals surface area contributed by atoms with E-state index in [9.17, 15) is 4.79 Å². The van der Waals surface area contributed by atoms with Gasteiger partial charge in [0.15, 0.2) is 5.78 Å². The van der Waals surface area contributed by atoms with Gasteiger partial charge in [0.05, 0.1) is 13.2 Å². The molecule has 3 nitrogen and oxygen atoms in total. The van der Waals surface area contributed by atoms with Crippen molar-refractivity contribution in [2.24, 2.45) is 0 Å². The maximum Gasteiger partial charge on any atom is 0.160 e. The lowest BCUT2D eigenvalue weighted by Gasteiger charge is -2.23. The summed E-state index contributed by atoms with van der Waals surface area (Å²) in [7, 11) is 0. The minimum absolute atomic E-state index is 0.0505. The maximum absolute atomic E-state index is 11.3. The average molecular weight is 299 g/mol. The minimum atomic E-state index is 0.0505. The van der Waals surface area contributed by atoms with Crippen molar-refractivity contribution < 1.29 is 14.3 Å². The normalized spacial score (nSPS) is 16.8. The summed E-state index contributed by atoms with van der Waals surface area (Å²) >= 11 is 3.39. The molecule has 1 aliphatic heterocycles. The predicted molar refractivity (Wildman–Crippen MR) is 68.6 cm³/mol. The Bertz CT molecular complexity index is 411. The van der Waals surface area contributed by atoms with Crippen LogP contribution in [0.15, 0.2) is 22.7 Å². The van der Waals surface area contributed by atoms with Crippen molar-refractivity contribution in [3.8, 4) is 5.75 Å². The van der Waals surface area contributed by atoms with Gasteiger partial charge in [-0.2, -0.15) is 0 Å². The minimum Gasteiger partial charge on any atom is -0.490 e. The van der Waals surface area contributed by atoms with Crippen molar-refractivity contribution in [3.63, 3.8) is 0 Å². The number of halogens is 1. The standard InChI is InChI=1S/C13H15BrO3/c1-9(15)12-3-2-11(8-13(12)14)17-10-4-6-16-7-5-10/h2-3,8,10H,4-7H2,1H3. The second-order valence-corrected chi connectivity index (χ2v) is 4.98. The number of Topliss-reactive ketones (excluding diaryl/α,β-unsaturated/α-hetero) is 1. The van der Waals surface area contributed by atoms with Gasteiger partial charge in [0.1, 0.15) is 11.9 Å². The van der Waals surface area contributed by atoms with E-state index in [1.165, 1.54) is 0 Å². The van der Waals surface area contributed by atoms with Crippen molar-refractivity contribution in [1.82, 2.24) is 0 Å². The van der Waals surface area contributed by atoms with Crippen LogP contribution in [0.5, 0.6) is 5.75 Å². The fourth-order valence-electron chi connectivity index (χ4n) is 1.84. The number of benzene rings is 1. The molecule has 4 heteroatoms. The van der Waals surface area contributed by atoms with Crippen LogP contribution in [0.2, 0.25) is 0 Å². The van der Waals surface area contributed by atoms with E-state index in [1.807, 2.05) is 12.1 Å². The van der Waals surface area contributed by atoms with Crippen LogP contribution in [0.4, 0.5) is 0 Å². The molecular formula is C13H15BrO3. The molecule has 1 fully saturated rings. The number of ether oxygens (including phenoxy) is 2. The number of ketones is 1. The van der Waals surface area contributed by atoms with E-state index in [-0.39, 0.29) is 11.9 Å². The van der Waals surface area contributed by atoms with Crippen LogP contribution < -0.4 is 4.74 Å². The van der Waals surface area contributed by atoms with Gasteiger partial charge in [-0.25, -0.2) is 0 Å². The molecule has 1 heterocycles. The number of hydrogen-bond donors (Lipinski definition) is 0. The third-order valence-corrected chi connectivity index (χ3v) is 3.45. The largest absolute Gasteiger partial charge is 0.490 e. The lowest BCUT2D eigenvalue weighted by Crippen LogP contribution is -2.25. The molecule has 0 amide bonds. The van der Waals surface area contributed by atoms with Crippen LogP contribution in [-0.2, 0) is 4.74 Å². The zero-order chi connectivity index (χ0) is 12.3. The number of hydrogen-bond acceptors (Lipinski definition) is 3. The summed E-state index contributed by atoms with van der Waals surface area (Å²) in [6, 6.07) is 5.49. The molecule has 0 atom stereocenters. The van der Waals surface area contributed by atoms with E-state index in [0.29, 0.717) is 5.56 Å². The molecule has 0 saturated carbocycles. The zero-order valence-corrected chi connectivity index (χ0v) is 11.3. The van der Waals surface area contributed by atoms with Crippen molar-refractivity contribution in [2.75, 3.05) is 13.2 Å². The topological polar surface area (TPSA) is 35.5 Å². The Labute approximate surface area is 109 Å². The Morgan fingerprint density at radius 1 is 1.41 bits per heavy atom. The lowest BCUT2D eigenvalue weighted by molar-refractivity contribution is 0.0255. The number of carbonyl (C=O) groups excluding carboxylic acids is 1. The van der Waals surface area contributed by atoms with E-state index >= 15 is 0 Å². The summed E-state index contributed by atoms with van der Waals surface area (Å²) in [4.78, 5) is 11.3. The molecule has 0 radical (unpaired) electrons. The maximum atomic E-state index is 11.3. The second-order valence-electron chi connectivity index (χ2n) is 4.13. The molecule has 2 rings (SSSR count). The lowest BCUT2D eigenvalue weighted by atomic mass is 10.1. The molecule has 1 saturated heterocycles. The third kappa shape index (κ3) is 3.30. The fraction of sp³-hybridized carbons (Fsp3) is 0.462. The fourth-order valence-corrected chi connectivity index (χ4v) is 2.48. The van der Waals surface area contributed by atoms with Crippen molar-refractivity contribution in [1.29, 1.82) is 0 Å². The van der Waals surface area contributed by atoms with Crippen LogP contribution in [-0.4, -0.2) is 25.1 Å². The van der Waals surface area contributed by atoms with Crippen LogP contribution in [0.3, 0.4) is 0 Å². The first kappa shape index (κ1) is 12.6. The molecule has 0 N–H and O–H groups in total. The zero-order valence-electron chi connectivity index (χ0n) is 9.74. The highest BCUT2D eigenvalue weighted by Gasteiger charge is 2.16. The summed E-state index contributed by atoms with van der Waals surface area (Å²) in [6.45, 7) is 3.08. The van der Waals surface area contributed by atoms with Gasteiger partial charge in [-0.3, -0.25) is 4.79 Å². The van der Waals surface area contributed by atoms with Crippen molar-refractivity contribution in [2.45, 2.75) is 25.9 Å². The van der Waals surface area contributed by atoms with Gasteiger partial charge in [-0.15, -0.1) is 0 Å². The van der Waals surface area contributed by atoms with E-state index in [4.69, 9.17) is 9.47 Å². The molecule has 1 aromatic carbocycles. The van der Waals surface area contributed by atoms with Crippen molar-refractivity contribution >= 4 is 21.7 Å². The Morgan fingerprint density at radius 2 is 2.12 bits per heavy atom.